The highest BCUT2D eigenvalue weighted by Crippen LogP contribution is 2.34. The van der Waals surface area contributed by atoms with Crippen LogP contribution in [-0.4, -0.2) is 34.7 Å². The van der Waals surface area contributed by atoms with Crippen molar-refractivity contribution in [2.24, 2.45) is 0 Å². The van der Waals surface area contributed by atoms with Crippen molar-refractivity contribution in [3.8, 4) is 11.5 Å². The lowest BCUT2D eigenvalue weighted by Crippen LogP contribution is -2.30. The number of esters is 1. The summed E-state index contributed by atoms with van der Waals surface area (Å²) in [5.74, 6) is -1.28. The maximum Gasteiger partial charge on any atom is 0.306 e. The molecule has 1 aromatic heterocycles. The van der Waals surface area contributed by atoms with Crippen LogP contribution in [0.5, 0.6) is 11.5 Å². The third-order valence-electron chi connectivity index (χ3n) is 5.80. The highest BCUT2D eigenvalue weighted by Gasteiger charge is 2.27. The lowest BCUT2D eigenvalue weighted by molar-refractivity contribution is -0.140. The van der Waals surface area contributed by atoms with Crippen LogP contribution in [0.4, 0.5) is 0 Å². The Hall–Kier alpha value is -3.58. The van der Waals surface area contributed by atoms with Crippen molar-refractivity contribution in [1.82, 2.24) is 4.90 Å². The standard InChI is InChI=1S/C25H25NO6/c1-31-23(29)13-21(17-6-8-19(27)9-7-17)25-24(30)22(28)12-20(32-25)15-26-11-10-16-4-2-3-5-18(16)14-26/h2-9,12,21,27,30H,10-11,13-15H2,1H3/t21-/m1/s1. The summed E-state index contributed by atoms with van der Waals surface area (Å²) >= 11 is 0. The second-order valence-corrected chi connectivity index (χ2v) is 7.94. The van der Waals surface area contributed by atoms with Crippen molar-refractivity contribution in [3.05, 3.63) is 93.0 Å². The largest absolute Gasteiger partial charge is 0.508 e. The zero-order valence-electron chi connectivity index (χ0n) is 17.8. The van der Waals surface area contributed by atoms with Gasteiger partial charge in [0.15, 0.2) is 5.76 Å². The van der Waals surface area contributed by atoms with E-state index in [9.17, 15) is 19.8 Å². The fourth-order valence-corrected chi connectivity index (χ4v) is 4.10. The van der Waals surface area contributed by atoms with Crippen LogP contribution < -0.4 is 5.43 Å². The highest BCUT2D eigenvalue weighted by molar-refractivity contribution is 5.71. The molecule has 4 rings (SSSR count). The molecular formula is C25H25NO6. The van der Waals surface area contributed by atoms with Crippen molar-refractivity contribution in [3.63, 3.8) is 0 Å². The first-order chi connectivity index (χ1) is 15.4. The average molecular weight is 435 g/mol. The minimum absolute atomic E-state index is 0.0148. The topological polar surface area (TPSA) is 100 Å². The smallest absolute Gasteiger partial charge is 0.306 e. The lowest BCUT2D eigenvalue weighted by Gasteiger charge is -2.28. The Morgan fingerprint density at radius 1 is 1.12 bits per heavy atom. The van der Waals surface area contributed by atoms with Gasteiger partial charge in [-0.2, -0.15) is 0 Å². The van der Waals surface area contributed by atoms with Crippen LogP contribution in [0.2, 0.25) is 0 Å². The van der Waals surface area contributed by atoms with E-state index in [-0.39, 0.29) is 17.9 Å². The summed E-state index contributed by atoms with van der Waals surface area (Å²) in [6.45, 7) is 1.96. The van der Waals surface area contributed by atoms with Crippen molar-refractivity contribution in [2.45, 2.75) is 31.8 Å². The van der Waals surface area contributed by atoms with Crippen LogP contribution in [0.25, 0.3) is 0 Å². The molecule has 1 aliphatic heterocycles. The molecule has 0 radical (unpaired) electrons. The molecule has 0 amide bonds. The molecule has 0 saturated heterocycles. The van der Waals surface area contributed by atoms with E-state index in [2.05, 4.69) is 17.0 Å². The number of ether oxygens (including phenoxy) is 1. The molecule has 1 atom stereocenters. The quantitative estimate of drug-likeness (QED) is 0.573. The van der Waals surface area contributed by atoms with Crippen molar-refractivity contribution in [2.75, 3.05) is 13.7 Å². The van der Waals surface area contributed by atoms with Crippen molar-refractivity contribution < 1.29 is 24.2 Å². The molecule has 2 N–H and O–H groups in total. The fourth-order valence-electron chi connectivity index (χ4n) is 4.10. The highest BCUT2D eigenvalue weighted by atomic mass is 16.5. The van der Waals surface area contributed by atoms with Gasteiger partial charge in [-0.25, -0.2) is 0 Å². The van der Waals surface area contributed by atoms with Crippen LogP contribution in [0, 0.1) is 0 Å². The lowest BCUT2D eigenvalue weighted by atomic mass is 9.92. The minimum Gasteiger partial charge on any atom is -0.508 e. The van der Waals surface area contributed by atoms with Gasteiger partial charge in [-0.05, 0) is 35.2 Å². The van der Waals surface area contributed by atoms with Gasteiger partial charge in [0.25, 0.3) is 0 Å². The van der Waals surface area contributed by atoms with Gasteiger partial charge in [0.2, 0.25) is 11.2 Å². The number of fused-ring (bicyclic) bond motifs is 1. The normalized spacial score (nSPS) is 14.5. The summed E-state index contributed by atoms with van der Waals surface area (Å²) in [6.07, 6.45) is 0.780. The third kappa shape index (κ3) is 4.68. The Morgan fingerprint density at radius 3 is 2.56 bits per heavy atom. The Labute approximate surface area is 185 Å². The summed E-state index contributed by atoms with van der Waals surface area (Å²) in [5, 5.41) is 20.1. The second kappa shape index (κ2) is 9.28. The van der Waals surface area contributed by atoms with E-state index in [1.165, 1.54) is 36.4 Å². The number of hydrogen-bond donors (Lipinski definition) is 2. The molecule has 7 nitrogen and oxygen atoms in total. The number of methoxy groups -OCH3 is 1. The predicted molar refractivity (Wildman–Crippen MR) is 117 cm³/mol. The van der Waals surface area contributed by atoms with Gasteiger partial charge < -0.3 is 19.4 Å². The molecule has 1 aliphatic rings. The van der Waals surface area contributed by atoms with E-state index in [0.717, 1.165) is 19.5 Å². The molecule has 0 spiro atoms. The summed E-state index contributed by atoms with van der Waals surface area (Å²) in [4.78, 5) is 26.8. The number of nitrogens with zero attached hydrogens (tertiary/aromatic N) is 1. The van der Waals surface area contributed by atoms with Crippen LogP contribution in [0.3, 0.4) is 0 Å². The molecule has 2 heterocycles. The Balaban J connectivity index is 1.66. The average Bonchev–Trinajstić information content (AvgIpc) is 2.80. The van der Waals surface area contributed by atoms with E-state index < -0.39 is 23.1 Å². The maximum atomic E-state index is 12.6. The van der Waals surface area contributed by atoms with E-state index >= 15 is 0 Å². The van der Waals surface area contributed by atoms with E-state index in [1.807, 2.05) is 12.1 Å². The van der Waals surface area contributed by atoms with E-state index in [0.29, 0.717) is 17.9 Å². The van der Waals surface area contributed by atoms with E-state index in [1.54, 1.807) is 12.1 Å². The first kappa shape index (κ1) is 21.6. The van der Waals surface area contributed by atoms with Gasteiger partial charge in [0.05, 0.1) is 26.0 Å². The summed E-state index contributed by atoms with van der Waals surface area (Å²) in [5.41, 5.74) is 2.61. The molecule has 0 saturated carbocycles. The molecule has 0 aliphatic carbocycles. The zero-order valence-corrected chi connectivity index (χ0v) is 17.8. The van der Waals surface area contributed by atoms with Crippen LogP contribution in [-0.2, 0) is 29.0 Å². The first-order valence-electron chi connectivity index (χ1n) is 10.5. The molecule has 0 fully saturated rings. The van der Waals surface area contributed by atoms with Crippen molar-refractivity contribution >= 4 is 5.97 Å². The molecule has 2 aromatic carbocycles. The van der Waals surface area contributed by atoms with Gasteiger partial charge in [0.1, 0.15) is 11.5 Å². The second-order valence-electron chi connectivity index (χ2n) is 7.94. The number of rotatable bonds is 6. The first-order valence-corrected chi connectivity index (χ1v) is 10.5. The number of benzene rings is 2. The Bertz CT molecular complexity index is 1170. The van der Waals surface area contributed by atoms with Crippen LogP contribution in [0.15, 0.2) is 63.8 Å². The summed E-state index contributed by atoms with van der Waals surface area (Å²) in [6, 6.07) is 15.8. The predicted octanol–water partition coefficient (Wildman–Crippen LogP) is 3.30. The van der Waals surface area contributed by atoms with Gasteiger partial charge in [-0.3, -0.25) is 14.5 Å². The maximum absolute atomic E-state index is 12.6. The minimum atomic E-state index is -0.738. The molecule has 3 aromatic rings. The van der Waals surface area contributed by atoms with E-state index in [4.69, 9.17) is 9.15 Å². The van der Waals surface area contributed by atoms with Crippen molar-refractivity contribution in [1.29, 1.82) is 0 Å². The summed E-state index contributed by atoms with van der Waals surface area (Å²) < 4.78 is 10.8. The molecule has 0 unspecified atom stereocenters. The van der Waals surface area contributed by atoms with Crippen LogP contribution in [0.1, 0.15) is 40.5 Å². The van der Waals surface area contributed by atoms with Gasteiger partial charge in [0, 0.05) is 19.2 Å². The number of aromatic hydroxyl groups is 2. The molecule has 166 valence electrons. The SMILES string of the molecule is COC(=O)C[C@H](c1ccc(O)cc1)c1oc(CN2CCc3ccccc3C2)cc(=O)c1O. The van der Waals surface area contributed by atoms with Gasteiger partial charge >= 0.3 is 5.97 Å². The van der Waals surface area contributed by atoms with Gasteiger partial charge in [-0.1, -0.05) is 36.4 Å². The molecule has 7 heteroatoms. The number of phenols is 1. The number of carbonyl (C=O) groups is 1. The molecule has 32 heavy (non-hydrogen) atoms. The van der Waals surface area contributed by atoms with Crippen LogP contribution >= 0.6 is 0 Å². The Morgan fingerprint density at radius 2 is 1.84 bits per heavy atom. The number of phenolic OH excluding ortho intramolecular Hbond substituents is 1. The monoisotopic (exact) mass is 435 g/mol. The fraction of sp³-hybridized carbons (Fsp3) is 0.280. The third-order valence-corrected chi connectivity index (χ3v) is 5.80. The summed E-state index contributed by atoms with van der Waals surface area (Å²) in [7, 11) is 1.27. The number of carbonyl (C=O) groups excluding carboxylic acids is 1. The molecular weight excluding hydrogens is 410 g/mol. The Kier molecular flexibility index (Phi) is 6.28. The van der Waals surface area contributed by atoms with Gasteiger partial charge in [-0.15, -0.1) is 0 Å². The number of hydrogen-bond acceptors (Lipinski definition) is 7. The molecule has 0 bridgehead atoms. The zero-order chi connectivity index (χ0) is 22.7.